The number of nitrogens with one attached hydrogen (secondary N) is 1. The van der Waals surface area contributed by atoms with E-state index >= 15 is 0 Å². The van der Waals surface area contributed by atoms with E-state index in [0.29, 0.717) is 0 Å². The molecule has 0 saturated heterocycles. The molecule has 12 heteroatoms. The summed E-state index contributed by atoms with van der Waals surface area (Å²) >= 11 is -3.38. The Morgan fingerprint density at radius 2 is 1.53 bits per heavy atom. The van der Waals surface area contributed by atoms with E-state index in [4.69, 9.17) is 5.11 Å². The van der Waals surface area contributed by atoms with Gasteiger partial charge in [-0.15, -0.1) is 0 Å². The minimum atomic E-state index is -6.17. The van der Waals surface area contributed by atoms with Gasteiger partial charge in [-0.2, -0.15) is 26.3 Å². The summed E-state index contributed by atoms with van der Waals surface area (Å²) in [5.41, 5.74) is -5.30. The Balaban J connectivity index is 5.12. The fourth-order valence-electron chi connectivity index (χ4n) is 0.723. The molecule has 0 heterocycles. The Kier molecular flexibility index (Phi) is 4.53. The molecule has 0 aromatic heterocycles. The maximum absolute atomic E-state index is 12.0. The average Bonchev–Trinajstić information content (AvgIpc) is 1.97. The molecule has 0 saturated carbocycles. The molecule has 0 spiro atoms. The van der Waals surface area contributed by atoms with Gasteiger partial charge in [-0.1, -0.05) is 0 Å². The lowest BCUT2D eigenvalue weighted by atomic mass is 9.98. The van der Waals surface area contributed by atoms with Gasteiger partial charge in [0.15, 0.2) is 0 Å². The molecule has 0 aromatic carbocycles. The van der Waals surface area contributed by atoms with Crippen LogP contribution in [0, 0.1) is 0 Å². The molecule has 0 aliphatic heterocycles. The van der Waals surface area contributed by atoms with Crippen LogP contribution in [0.15, 0.2) is 0 Å². The highest BCUT2D eigenvalue weighted by molar-refractivity contribution is 7.77. The summed E-state index contributed by atoms with van der Waals surface area (Å²) in [5, 5.41) is 8.46. The first-order valence-electron chi connectivity index (χ1n) is 3.56. The minimum Gasteiger partial charge on any atom is -0.755 e. The highest BCUT2D eigenvalue weighted by atomic mass is 32.2. The SMILES string of the molecule is O=C(CC(O)(C(F)(F)F)C(F)(F)F)NS(=O)[O-]. The molecule has 0 fully saturated rings. The van der Waals surface area contributed by atoms with Gasteiger partial charge in [0.1, 0.15) is 0 Å². The van der Waals surface area contributed by atoms with Crippen LogP contribution in [-0.4, -0.2) is 37.7 Å². The molecule has 1 unspecified atom stereocenters. The van der Waals surface area contributed by atoms with E-state index in [1.165, 1.54) is 0 Å². The minimum absolute atomic E-state index is 0.760. The molecule has 102 valence electrons. The first-order valence-corrected chi connectivity index (χ1v) is 4.63. The lowest BCUT2D eigenvalue weighted by Gasteiger charge is -2.31. The molecule has 0 aliphatic rings. The maximum atomic E-state index is 12.0. The van der Waals surface area contributed by atoms with Crippen LogP contribution in [0.2, 0.25) is 0 Å². The first kappa shape index (κ1) is 16.1. The van der Waals surface area contributed by atoms with Crippen molar-refractivity contribution in [2.24, 2.45) is 0 Å². The highest BCUT2D eigenvalue weighted by Crippen LogP contribution is 2.45. The number of rotatable bonds is 3. The standard InChI is InChI=1S/C5H5F6NO4S/c6-4(7,8)3(14,5(9,10)11)1-2(13)12-17(15)16/h14H,1H2,(H,12,13)(H,15,16)/p-1. The Morgan fingerprint density at radius 3 is 1.76 bits per heavy atom. The van der Waals surface area contributed by atoms with Crippen molar-refractivity contribution in [3.05, 3.63) is 0 Å². The van der Waals surface area contributed by atoms with Crippen molar-refractivity contribution in [1.29, 1.82) is 0 Å². The molecule has 1 amide bonds. The Bertz CT molecular complexity index is 311. The summed E-state index contributed by atoms with van der Waals surface area (Å²) in [6, 6.07) is 0. The van der Waals surface area contributed by atoms with Crippen molar-refractivity contribution in [3.8, 4) is 0 Å². The Morgan fingerprint density at radius 1 is 1.18 bits per heavy atom. The first-order chi connectivity index (χ1) is 7.31. The smallest absolute Gasteiger partial charge is 0.426 e. The van der Waals surface area contributed by atoms with Crippen LogP contribution < -0.4 is 4.72 Å². The summed E-state index contributed by atoms with van der Waals surface area (Å²) in [5.74, 6) is -2.14. The second kappa shape index (κ2) is 4.78. The zero-order valence-corrected chi connectivity index (χ0v) is 8.37. The van der Waals surface area contributed by atoms with Crippen molar-refractivity contribution in [2.75, 3.05) is 0 Å². The van der Waals surface area contributed by atoms with Crippen LogP contribution in [-0.2, 0) is 16.1 Å². The zero-order valence-electron chi connectivity index (χ0n) is 7.56. The summed E-state index contributed by atoms with van der Waals surface area (Å²) in [6.07, 6.45) is -14.9. The van der Waals surface area contributed by atoms with E-state index in [9.17, 15) is 39.9 Å². The van der Waals surface area contributed by atoms with Gasteiger partial charge in [-0.25, -0.2) is 0 Å². The van der Waals surface area contributed by atoms with Gasteiger partial charge in [-0.05, 0) is 0 Å². The highest BCUT2D eigenvalue weighted by Gasteiger charge is 2.71. The van der Waals surface area contributed by atoms with E-state index < -0.39 is 41.5 Å². The monoisotopic (exact) mass is 288 g/mol. The lowest BCUT2D eigenvalue weighted by molar-refractivity contribution is -0.367. The predicted octanol–water partition coefficient (Wildman–Crippen LogP) is 0.143. The number of aliphatic hydroxyl groups is 1. The van der Waals surface area contributed by atoms with Crippen molar-refractivity contribution in [3.63, 3.8) is 0 Å². The van der Waals surface area contributed by atoms with E-state index in [0.717, 1.165) is 4.72 Å². The second-order valence-electron chi connectivity index (χ2n) is 2.79. The van der Waals surface area contributed by atoms with Gasteiger partial charge < -0.3 is 9.66 Å². The summed E-state index contributed by atoms with van der Waals surface area (Å²) in [4.78, 5) is 10.5. The Hall–Kier alpha value is -0.880. The van der Waals surface area contributed by atoms with E-state index in [1.54, 1.807) is 0 Å². The molecule has 2 N–H and O–H groups in total. The van der Waals surface area contributed by atoms with Crippen LogP contribution in [0.5, 0.6) is 0 Å². The number of hydrogen-bond acceptors (Lipinski definition) is 4. The van der Waals surface area contributed by atoms with Crippen molar-refractivity contribution in [2.45, 2.75) is 24.4 Å². The molecule has 0 aliphatic carbocycles. The molecule has 0 rings (SSSR count). The molecular formula is C5H4F6NO4S-. The molecule has 17 heavy (non-hydrogen) atoms. The van der Waals surface area contributed by atoms with Crippen molar-refractivity contribution >= 4 is 17.2 Å². The van der Waals surface area contributed by atoms with Crippen molar-refractivity contribution in [1.82, 2.24) is 4.72 Å². The zero-order chi connectivity index (χ0) is 14.1. The molecule has 1 atom stereocenters. The third kappa shape index (κ3) is 3.81. The van der Waals surface area contributed by atoms with Crippen LogP contribution >= 0.6 is 0 Å². The average molecular weight is 288 g/mol. The summed E-state index contributed by atoms with van der Waals surface area (Å²) < 4.78 is 92.4. The fraction of sp³-hybridized carbons (Fsp3) is 0.800. The number of carbonyl (C=O) groups is 1. The summed E-state index contributed by atoms with van der Waals surface area (Å²) in [6.45, 7) is 0. The van der Waals surface area contributed by atoms with Crippen LogP contribution in [0.25, 0.3) is 0 Å². The van der Waals surface area contributed by atoms with Gasteiger partial charge in [0.05, 0.1) is 6.42 Å². The van der Waals surface area contributed by atoms with Crippen LogP contribution in [0.4, 0.5) is 26.3 Å². The van der Waals surface area contributed by atoms with Gasteiger partial charge in [0.25, 0.3) is 5.60 Å². The van der Waals surface area contributed by atoms with Gasteiger partial charge >= 0.3 is 12.4 Å². The third-order valence-corrected chi connectivity index (χ3v) is 1.95. The normalized spacial score (nSPS) is 15.5. The maximum Gasteiger partial charge on any atom is 0.426 e. The number of hydrogen-bond donors (Lipinski definition) is 2. The Labute approximate surface area is 92.2 Å². The molecule has 5 nitrogen and oxygen atoms in total. The number of carbonyl (C=O) groups excluding carboxylic acids is 1. The van der Waals surface area contributed by atoms with E-state index in [2.05, 4.69) is 0 Å². The number of alkyl halides is 6. The predicted molar refractivity (Wildman–Crippen MR) is 38.7 cm³/mol. The van der Waals surface area contributed by atoms with Gasteiger partial charge in [0, 0.05) is 11.3 Å². The molecule has 0 aromatic rings. The molecule has 0 radical (unpaired) electrons. The van der Waals surface area contributed by atoms with Gasteiger partial charge in [-0.3, -0.25) is 13.7 Å². The van der Waals surface area contributed by atoms with Crippen LogP contribution in [0.3, 0.4) is 0 Å². The number of halogens is 6. The quantitative estimate of drug-likeness (QED) is 0.571. The van der Waals surface area contributed by atoms with E-state index in [1.807, 2.05) is 0 Å². The fourth-order valence-corrected chi connectivity index (χ4v) is 0.981. The van der Waals surface area contributed by atoms with Crippen LogP contribution in [0.1, 0.15) is 6.42 Å². The second-order valence-corrected chi connectivity index (χ2v) is 3.47. The largest absolute Gasteiger partial charge is 0.755 e. The lowest BCUT2D eigenvalue weighted by Crippen LogP contribution is -2.58. The van der Waals surface area contributed by atoms with Crippen molar-refractivity contribution < 1.29 is 45.0 Å². The number of amides is 1. The van der Waals surface area contributed by atoms with Gasteiger partial charge in [0.2, 0.25) is 5.91 Å². The third-order valence-electron chi connectivity index (χ3n) is 1.55. The van der Waals surface area contributed by atoms with E-state index in [-0.39, 0.29) is 0 Å². The topological polar surface area (TPSA) is 89.5 Å². The molecule has 0 bridgehead atoms. The summed E-state index contributed by atoms with van der Waals surface area (Å²) in [7, 11) is 0. The molecular weight excluding hydrogens is 284 g/mol.